The molecule has 0 heterocycles. The van der Waals surface area contributed by atoms with Crippen LogP contribution in [0.1, 0.15) is 76.5 Å². The smallest absolute Gasteiger partial charge is 0.164 e. The fourth-order valence-corrected chi connectivity index (χ4v) is 5.82. The van der Waals surface area contributed by atoms with Crippen molar-refractivity contribution in [3.05, 3.63) is 22.8 Å². The van der Waals surface area contributed by atoms with Gasteiger partial charge in [-0.1, -0.05) is 47.1 Å². The molecule has 3 rings (SSSR count). The molecule has 0 unspecified atom stereocenters. The highest BCUT2D eigenvalue weighted by Gasteiger charge is 2.55. The summed E-state index contributed by atoms with van der Waals surface area (Å²) < 4.78 is 5.59. The van der Waals surface area contributed by atoms with Crippen LogP contribution in [0.2, 0.25) is 0 Å². The molecular formula is C21H32O3. The van der Waals surface area contributed by atoms with Crippen LogP contribution in [0.5, 0.6) is 11.5 Å². The molecule has 0 spiro atoms. The lowest BCUT2D eigenvalue weighted by Gasteiger charge is -2.56. The van der Waals surface area contributed by atoms with Crippen molar-refractivity contribution in [2.75, 3.05) is 7.11 Å². The number of aliphatic hydroxyl groups is 1. The summed E-state index contributed by atoms with van der Waals surface area (Å²) in [6.07, 6.45) is 3.52. The van der Waals surface area contributed by atoms with E-state index in [-0.39, 0.29) is 28.8 Å². The first-order valence-electron chi connectivity index (χ1n) is 9.24. The van der Waals surface area contributed by atoms with Crippen LogP contribution >= 0.6 is 0 Å². The second kappa shape index (κ2) is 5.66. The van der Waals surface area contributed by atoms with Crippen LogP contribution in [0.25, 0.3) is 0 Å². The normalized spacial score (nSPS) is 31.5. The predicted molar refractivity (Wildman–Crippen MR) is 96.9 cm³/mol. The Kier molecular flexibility index (Phi) is 4.15. The number of rotatable bonds is 2. The van der Waals surface area contributed by atoms with Crippen LogP contribution in [-0.2, 0) is 11.8 Å². The Hall–Kier alpha value is -1.22. The third-order valence-electron chi connectivity index (χ3n) is 6.62. The largest absolute Gasteiger partial charge is 0.504 e. The van der Waals surface area contributed by atoms with E-state index in [4.69, 9.17) is 4.74 Å². The SMILES string of the molecule is COc1c(C(C)C)cc2c(c1O)[C@@]1(C)CCCC(C)(C)[C@@H]1[C@@H](O)C2. The predicted octanol–water partition coefficient (Wildman–Crippen LogP) is 4.53. The molecule has 1 aromatic carbocycles. The lowest BCUT2D eigenvalue weighted by molar-refractivity contribution is -0.0543. The molecule has 1 fully saturated rings. The van der Waals surface area contributed by atoms with E-state index in [1.807, 2.05) is 0 Å². The molecule has 1 aromatic rings. The maximum Gasteiger partial charge on any atom is 0.164 e. The molecular weight excluding hydrogens is 300 g/mol. The molecule has 2 aliphatic carbocycles. The highest BCUT2D eigenvalue weighted by Crippen LogP contribution is 2.60. The minimum absolute atomic E-state index is 0.0699. The Morgan fingerprint density at radius 3 is 2.46 bits per heavy atom. The van der Waals surface area contributed by atoms with Crippen LogP contribution in [0.4, 0.5) is 0 Å². The summed E-state index contributed by atoms with van der Waals surface area (Å²) >= 11 is 0. The van der Waals surface area contributed by atoms with Gasteiger partial charge in [0.2, 0.25) is 0 Å². The number of phenolic OH excluding ortho intramolecular Hbond substituents is 1. The lowest BCUT2D eigenvalue weighted by atomic mass is 9.49. The van der Waals surface area contributed by atoms with Gasteiger partial charge in [0.15, 0.2) is 11.5 Å². The third-order valence-corrected chi connectivity index (χ3v) is 6.62. The van der Waals surface area contributed by atoms with Gasteiger partial charge in [-0.2, -0.15) is 0 Å². The zero-order chi connectivity index (χ0) is 17.9. The minimum Gasteiger partial charge on any atom is -0.504 e. The van der Waals surface area contributed by atoms with Crippen molar-refractivity contribution in [2.24, 2.45) is 11.3 Å². The molecule has 0 amide bonds. The molecule has 24 heavy (non-hydrogen) atoms. The summed E-state index contributed by atoms with van der Waals surface area (Å²) in [4.78, 5) is 0. The number of hydrogen-bond acceptors (Lipinski definition) is 3. The number of aromatic hydroxyl groups is 1. The number of ether oxygens (including phenoxy) is 1. The fourth-order valence-electron chi connectivity index (χ4n) is 5.82. The number of methoxy groups -OCH3 is 1. The standard InChI is InChI=1S/C21H32O3/c1-12(2)14-10-13-11-15(22)19-20(3,4)8-7-9-21(19,5)16(13)17(23)18(14)24-6/h10,12,15,19,22-23H,7-9,11H2,1-6H3/t15-,19-,21+/m0/s1. The number of phenols is 1. The van der Waals surface area contributed by atoms with Gasteiger partial charge in [0.05, 0.1) is 13.2 Å². The van der Waals surface area contributed by atoms with E-state index in [2.05, 4.69) is 40.7 Å². The van der Waals surface area contributed by atoms with Crippen molar-refractivity contribution in [1.29, 1.82) is 0 Å². The van der Waals surface area contributed by atoms with Gasteiger partial charge in [0.1, 0.15) is 0 Å². The molecule has 2 N–H and O–H groups in total. The molecule has 134 valence electrons. The van der Waals surface area contributed by atoms with E-state index >= 15 is 0 Å². The Bertz CT molecular complexity index is 647. The molecule has 1 saturated carbocycles. The molecule has 3 heteroatoms. The van der Waals surface area contributed by atoms with Gasteiger partial charge in [-0.15, -0.1) is 0 Å². The summed E-state index contributed by atoms with van der Waals surface area (Å²) in [5.41, 5.74) is 3.01. The van der Waals surface area contributed by atoms with E-state index in [0.29, 0.717) is 17.9 Å². The molecule has 0 aliphatic heterocycles. The Labute approximate surface area is 146 Å². The Morgan fingerprint density at radius 1 is 1.21 bits per heavy atom. The van der Waals surface area contributed by atoms with Crippen LogP contribution in [-0.4, -0.2) is 23.4 Å². The molecule has 0 saturated heterocycles. The lowest BCUT2D eigenvalue weighted by Crippen LogP contribution is -2.54. The first-order chi connectivity index (χ1) is 11.1. The van der Waals surface area contributed by atoms with Gasteiger partial charge in [-0.25, -0.2) is 0 Å². The van der Waals surface area contributed by atoms with Gasteiger partial charge < -0.3 is 14.9 Å². The zero-order valence-corrected chi connectivity index (χ0v) is 15.9. The third kappa shape index (κ3) is 2.35. The van der Waals surface area contributed by atoms with Crippen LogP contribution in [0.15, 0.2) is 6.07 Å². The van der Waals surface area contributed by atoms with Gasteiger partial charge >= 0.3 is 0 Å². The summed E-state index contributed by atoms with van der Waals surface area (Å²) in [7, 11) is 1.63. The topological polar surface area (TPSA) is 49.7 Å². The number of aliphatic hydroxyl groups excluding tert-OH is 1. The molecule has 2 aliphatic rings. The second-order valence-corrected chi connectivity index (χ2v) is 9.05. The van der Waals surface area contributed by atoms with Crippen molar-refractivity contribution in [3.63, 3.8) is 0 Å². The molecule has 0 aromatic heterocycles. The van der Waals surface area contributed by atoms with Crippen molar-refractivity contribution < 1.29 is 14.9 Å². The van der Waals surface area contributed by atoms with Crippen molar-refractivity contribution in [1.82, 2.24) is 0 Å². The molecule has 0 bridgehead atoms. The Morgan fingerprint density at radius 2 is 1.88 bits per heavy atom. The quantitative estimate of drug-likeness (QED) is 0.837. The molecule has 3 nitrogen and oxygen atoms in total. The van der Waals surface area contributed by atoms with Crippen LogP contribution in [0, 0.1) is 11.3 Å². The van der Waals surface area contributed by atoms with Gasteiger partial charge in [0, 0.05) is 16.5 Å². The van der Waals surface area contributed by atoms with E-state index in [0.717, 1.165) is 36.0 Å². The van der Waals surface area contributed by atoms with Crippen LogP contribution in [0.3, 0.4) is 0 Å². The van der Waals surface area contributed by atoms with Crippen molar-refractivity contribution >= 4 is 0 Å². The number of fused-ring (bicyclic) bond motifs is 3. The number of benzene rings is 1. The molecule has 0 radical (unpaired) electrons. The summed E-state index contributed by atoms with van der Waals surface area (Å²) in [5, 5.41) is 22.1. The number of hydrogen-bond donors (Lipinski definition) is 2. The second-order valence-electron chi connectivity index (χ2n) is 9.05. The van der Waals surface area contributed by atoms with E-state index < -0.39 is 0 Å². The summed E-state index contributed by atoms with van der Waals surface area (Å²) in [6, 6.07) is 2.16. The highest BCUT2D eigenvalue weighted by molar-refractivity contribution is 5.60. The monoisotopic (exact) mass is 332 g/mol. The summed E-state index contributed by atoms with van der Waals surface area (Å²) in [5.74, 6) is 1.34. The zero-order valence-electron chi connectivity index (χ0n) is 15.9. The maximum absolute atomic E-state index is 11.1. The van der Waals surface area contributed by atoms with Crippen LogP contribution < -0.4 is 4.74 Å². The van der Waals surface area contributed by atoms with E-state index in [1.165, 1.54) is 0 Å². The minimum atomic E-state index is -0.356. The highest BCUT2D eigenvalue weighted by atomic mass is 16.5. The average Bonchev–Trinajstić information content (AvgIpc) is 2.44. The van der Waals surface area contributed by atoms with Crippen molar-refractivity contribution in [2.45, 2.75) is 77.7 Å². The van der Waals surface area contributed by atoms with E-state index in [1.54, 1.807) is 7.11 Å². The molecule has 3 atom stereocenters. The van der Waals surface area contributed by atoms with E-state index in [9.17, 15) is 10.2 Å². The fraction of sp³-hybridized carbons (Fsp3) is 0.714. The first kappa shape index (κ1) is 17.6. The summed E-state index contributed by atoms with van der Waals surface area (Å²) in [6.45, 7) is 11.0. The first-order valence-corrected chi connectivity index (χ1v) is 9.24. The Balaban J connectivity index is 2.27. The van der Waals surface area contributed by atoms with Crippen molar-refractivity contribution in [3.8, 4) is 11.5 Å². The van der Waals surface area contributed by atoms with Gasteiger partial charge in [-0.05, 0) is 42.1 Å². The average molecular weight is 332 g/mol. The maximum atomic E-state index is 11.1. The van der Waals surface area contributed by atoms with Gasteiger partial charge in [-0.3, -0.25) is 0 Å². The van der Waals surface area contributed by atoms with Gasteiger partial charge in [0.25, 0.3) is 0 Å².